The highest BCUT2D eigenvalue weighted by Crippen LogP contribution is 2.54. The van der Waals surface area contributed by atoms with Crippen LogP contribution in [0.15, 0.2) is 55.0 Å². The fourth-order valence-corrected chi connectivity index (χ4v) is 12.9. The molecule has 15 atom stereocenters. The number of ether oxygens (including phenoxy) is 4. The molecule has 4 fully saturated rings. The zero-order chi connectivity index (χ0) is 58.8. The van der Waals surface area contributed by atoms with Crippen molar-refractivity contribution in [2.24, 2.45) is 0 Å². The summed E-state index contributed by atoms with van der Waals surface area (Å²) >= 11 is 0. The minimum atomic E-state index is -5.35. The maximum absolute atomic E-state index is 14.1. The van der Waals surface area contributed by atoms with E-state index in [1.54, 1.807) is 0 Å². The Morgan fingerprint density at radius 2 is 1.06 bits per heavy atom. The van der Waals surface area contributed by atoms with Crippen LogP contribution in [0.1, 0.15) is 50.6 Å². The minimum Gasteiger partial charge on any atom is -0.390 e. The van der Waals surface area contributed by atoms with E-state index in [4.69, 9.17) is 69.0 Å². The van der Waals surface area contributed by atoms with Crippen LogP contribution in [0.25, 0.3) is 33.5 Å². The lowest BCUT2D eigenvalue weighted by Gasteiger charge is -2.25. The molecule has 7 aromatic heterocycles. The van der Waals surface area contributed by atoms with Gasteiger partial charge in [0.1, 0.15) is 90.9 Å². The number of phosphoric acid groups is 4. The average molecular weight is 1250 g/mol. The van der Waals surface area contributed by atoms with E-state index in [0.717, 1.165) is 23.5 Å². The predicted octanol–water partition coefficient (Wildman–Crippen LogP) is -1.36. The number of aromatic amines is 1. The zero-order valence-electron chi connectivity index (χ0n) is 42.3. The van der Waals surface area contributed by atoms with E-state index in [1.807, 2.05) is 0 Å². The third kappa shape index (κ3) is 13.0. The van der Waals surface area contributed by atoms with E-state index in [0.29, 0.717) is 0 Å². The van der Waals surface area contributed by atoms with E-state index in [1.165, 1.54) is 44.9 Å². The van der Waals surface area contributed by atoms with Crippen LogP contribution in [0, 0.1) is 0 Å². The topological polar surface area (TPSA) is 563 Å². The molecule has 3 unspecified atom stereocenters. The van der Waals surface area contributed by atoms with Gasteiger partial charge in [0.2, 0.25) is 5.52 Å². The van der Waals surface area contributed by atoms with Gasteiger partial charge in [-0.25, -0.2) is 57.5 Å². The van der Waals surface area contributed by atoms with Gasteiger partial charge in [0.05, 0.1) is 45.2 Å². The second kappa shape index (κ2) is 23.1. The number of imidazole rings is 3. The van der Waals surface area contributed by atoms with Crippen molar-refractivity contribution < 1.29 is 103 Å². The smallest absolute Gasteiger partial charge is 0.390 e. The van der Waals surface area contributed by atoms with Gasteiger partial charge >= 0.3 is 42.6 Å². The first-order chi connectivity index (χ1) is 39.4. The van der Waals surface area contributed by atoms with Crippen LogP contribution in [0.3, 0.4) is 0 Å². The molecule has 0 aromatic carbocycles. The number of aliphatic hydroxyl groups is 1. The standard InChI is InChI=1S/C39H50N18O22P4/c40-25-1-2-54(39(59)53-25)26-3-17(58)21(73-26)7-70-81(63,64)78-19-5-28(56-15-51-31-34(42)45-12-48-37(31)56)75-23(19)9-72-83(67,68)79-20-6-29(57-16-52-32-35(43)46-13-49-38(32)57)76-24(20)10-71-82(65,66)77-18-4-27(74-22(18)8-69-80(60,61)62)55-14-50-30-33(41)44-11-47-36(30)55/h1-2,11-24,26-29,58H,3-10H2,(H13,40,41,42,43,44,45,46,47,48,49,53,59,60,61,62,63,64,65,66,67,68)/p+1/t17-,18-,19-,20-,21+,22+,23+,24+,26+,27+,28+,29+/m0/s1. The van der Waals surface area contributed by atoms with Crippen molar-refractivity contribution in [1.82, 2.24) is 63.5 Å². The summed E-state index contributed by atoms with van der Waals surface area (Å²) in [4.78, 5) is 104. The number of fused-ring (bicyclic) bond motifs is 3. The number of aliphatic hydroxyl groups excluding tert-OH is 1. The molecule has 0 saturated carbocycles. The molecule has 4 saturated heterocycles. The van der Waals surface area contributed by atoms with Crippen molar-refractivity contribution in [3.63, 3.8) is 0 Å². The average Bonchev–Trinajstić information content (AvgIpc) is 3.75. The number of hydrogen-bond donors (Lipinski definition) is 11. The summed E-state index contributed by atoms with van der Waals surface area (Å²) in [7, 11) is -20.9. The van der Waals surface area contributed by atoms with Gasteiger partial charge in [0, 0.05) is 31.9 Å². The van der Waals surface area contributed by atoms with Crippen LogP contribution in [-0.2, 0) is 68.9 Å². The minimum absolute atomic E-state index is 0.0125. The normalized spacial score (nSPS) is 29.0. The number of hydrogen-bond acceptors (Lipinski definition) is 30. The lowest BCUT2D eigenvalue weighted by Crippen LogP contribution is -2.39. The highest BCUT2D eigenvalue weighted by molar-refractivity contribution is 7.48. The number of aromatic nitrogens is 14. The van der Waals surface area contributed by atoms with Crippen LogP contribution < -0.4 is 33.2 Å². The second-order valence-corrected chi connectivity index (χ2v) is 24.3. The van der Waals surface area contributed by atoms with Gasteiger partial charge in [0.25, 0.3) is 0 Å². The Kier molecular flexibility index (Phi) is 16.3. The van der Waals surface area contributed by atoms with Gasteiger partial charge in [-0.3, -0.25) is 50.4 Å². The molecular weight excluding hydrogens is 1200 g/mol. The summed E-state index contributed by atoms with van der Waals surface area (Å²) in [5.41, 5.74) is 24.0. The van der Waals surface area contributed by atoms with Crippen LogP contribution in [-0.4, -0.2) is 168 Å². The molecule has 0 radical (unpaired) electrons. The molecule has 11 heterocycles. The van der Waals surface area contributed by atoms with Crippen molar-refractivity contribution in [2.75, 3.05) is 49.4 Å². The molecule has 448 valence electrons. The Hall–Kier alpha value is -6.03. The molecule has 15 N–H and O–H groups in total. The molecule has 83 heavy (non-hydrogen) atoms. The first-order valence-corrected chi connectivity index (χ1v) is 30.5. The number of nitrogens with two attached hydrogens (primary N) is 4. The van der Waals surface area contributed by atoms with Crippen molar-refractivity contribution in [2.45, 2.75) is 99.4 Å². The molecule has 7 aromatic rings. The number of rotatable bonds is 22. The Labute approximate surface area is 463 Å². The Bertz CT molecular complexity index is 3800. The number of phosphoric ester groups is 4. The number of anilines is 4. The molecule has 44 heteroatoms. The maximum atomic E-state index is 14.1. The lowest BCUT2D eigenvalue weighted by atomic mass is 10.2. The summed E-state index contributed by atoms with van der Waals surface area (Å²) < 4.78 is 120. The van der Waals surface area contributed by atoms with E-state index in [2.05, 4.69) is 54.4 Å². The van der Waals surface area contributed by atoms with Crippen LogP contribution >= 0.6 is 31.3 Å². The van der Waals surface area contributed by atoms with Gasteiger partial charge in [-0.15, -0.1) is 0 Å². The van der Waals surface area contributed by atoms with Crippen molar-refractivity contribution in [3.8, 4) is 0 Å². The molecular formula is C39H51N18O22P4+. The third-order valence-electron chi connectivity index (χ3n) is 13.5. The summed E-state index contributed by atoms with van der Waals surface area (Å²) in [5.74, 6) is 0.0393. The number of nitrogen functional groups attached to an aromatic ring is 4. The zero-order valence-corrected chi connectivity index (χ0v) is 45.9. The maximum Gasteiger partial charge on any atom is 0.472 e. The largest absolute Gasteiger partial charge is 0.472 e. The number of H-pyrrole nitrogens is 1. The number of nitrogens with zero attached hydrogens (tertiary/aromatic N) is 13. The van der Waals surface area contributed by atoms with E-state index in [-0.39, 0.29) is 82.4 Å². The summed E-state index contributed by atoms with van der Waals surface area (Å²) in [6.45, 7) is -3.36. The molecule has 0 spiro atoms. The number of nitrogens with one attached hydrogen (secondary N) is 1. The Morgan fingerprint density at radius 3 is 1.60 bits per heavy atom. The van der Waals surface area contributed by atoms with E-state index >= 15 is 0 Å². The van der Waals surface area contributed by atoms with Crippen LogP contribution in [0.4, 0.5) is 23.3 Å². The quantitative estimate of drug-likeness (QED) is 0.0276. The second-order valence-electron chi connectivity index (χ2n) is 18.9. The Balaban J connectivity index is 0.791. The van der Waals surface area contributed by atoms with Gasteiger partial charge in [-0.1, -0.05) is 4.98 Å². The first-order valence-electron chi connectivity index (χ1n) is 24.5. The summed E-state index contributed by atoms with van der Waals surface area (Å²) in [5, 5.41) is 10.7. The molecule has 11 rings (SSSR count). The van der Waals surface area contributed by atoms with Gasteiger partial charge in [-0.05, 0) is 6.07 Å². The third-order valence-corrected chi connectivity index (χ3v) is 17.0. The van der Waals surface area contributed by atoms with Gasteiger partial charge < -0.3 is 71.5 Å². The molecule has 0 amide bonds. The van der Waals surface area contributed by atoms with E-state index in [9.17, 15) is 52.6 Å². The van der Waals surface area contributed by atoms with Crippen molar-refractivity contribution >= 4 is 88.1 Å². The molecule has 0 aliphatic carbocycles. The monoisotopic (exact) mass is 1250 g/mol. The van der Waals surface area contributed by atoms with Crippen molar-refractivity contribution in [1.29, 1.82) is 0 Å². The molecule has 0 bridgehead atoms. The Morgan fingerprint density at radius 1 is 0.590 bits per heavy atom. The van der Waals surface area contributed by atoms with Crippen LogP contribution in [0.2, 0.25) is 0 Å². The predicted molar refractivity (Wildman–Crippen MR) is 271 cm³/mol. The van der Waals surface area contributed by atoms with Gasteiger partial charge in [0.15, 0.2) is 47.6 Å². The fraction of sp³-hybridized carbons (Fsp3) is 0.513. The van der Waals surface area contributed by atoms with E-state index < -0.39 is 137 Å². The molecule has 4 aliphatic heterocycles. The molecule has 40 nitrogen and oxygen atoms in total. The lowest BCUT2D eigenvalue weighted by molar-refractivity contribution is -0.738. The van der Waals surface area contributed by atoms with Crippen LogP contribution in [0.5, 0.6) is 0 Å². The molecule has 4 aliphatic rings. The van der Waals surface area contributed by atoms with Crippen molar-refractivity contribution in [3.05, 3.63) is 60.7 Å². The highest BCUT2D eigenvalue weighted by atomic mass is 31.2. The summed E-state index contributed by atoms with van der Waals surface area (Å²) in [6, 6.07) is 1.34. The highest BCUT2D eigenvalue weighted by Gasteiger charge is 2.49. The first kappa shape index (κ1) is 58.7. The summed E-state index contributed by atoms with van der Waals surface area (Å²) in [6.07, 6.45) is -8.06. The SMILES string of the molecule is Nc1ccn([C@H]2C[C@H](O)[C@@H](COP(=O)(O)O[C@H]3C[C@H](n4cnc5c(N)ncnc54)O[C@@H]3COP(=O)(O)O[C@H]3C[C@H]([n+]4c[nH]c5c(N)ncnc54)O[C@@H]3COP(=O)(O)O[C@H]3C[C@H](n4cnc5c(N)ncnc54)O[C@@H]3COP(=O)(O)O)O2)c(=O)n1. The van der Waals surface area contributed by atoms with Gasteiger partial charge in [-0.2, -0.15) is 9.97 Å². The fourth-order valence-electron chi connectivity index (χ4n) is 9.66.